The van der Waals surface area contributed by atoms with E-state index in [-0.39, 0.29) is 11.3 Å². The molecule has 0 bridgehead atoms. The summed E-state index contributed by atoms with van der Waals surface area (Å²) in [7, 11) is 0. The van der Waals surface area contributed by atoms with Gasteiger partial charge in [0.1, 0.15) is 0 Å². The van der Waals surface area contributed by atoms with Crippen molar-refractivity contribution in [3.8, 4) is 6.07 Å². The molecule has 0 saturated heterocycles. The zero-order valence-electron chi connectivity index (χ0n) is 15.5. The Balaban J connectivity index is 1.65. The number of carbonyl (C=O) groups excluding carboxylic acids is 1. The third-order valence-corrected chi connectivity index (χ3v) is 8.84. The Labute approximate surface area is 146 Å². The van der Waals surface area contributed by atoms with Gasteiger partial charge in [-0.3, -0.25) is 4.79 Å². The number of nitriles is 1. The molecule has 0 aliphatic heterocycles. The highest BCUT2D eigenvalue weighted by Gasteiger charge is 2.59. The summed E-state index contributed by atoms with van der Waals surface area (Å²) in [4.78, 5) is 11.9. The Kier molecular flexibility index (Phi) is 3.72. The van der Waals surface area contributed by atoms with Crippen molar-refractivity contribution >= 4 is 5.78 Å². The number of hydrogen-bond donors (Lipinski definition) is 0. The highest BCUT2D eigenvalue weighted by atomic mass is 16.1. The molecule has 24 heavy (non-hydrogen) atoms. The molecule has 4 aliphatic carbocycles. The molecule has 0 N–H and O–H groups in total. The Morgan fingerprint density at radius 1 is 1.12 bits per heavy atom. The summed E-state index contributed by atoms with van der Waals surface area (Å²) in [6.07, 6.45) is 11.4. The van der Waals surface area contributed by atoms with E-state index < -0.39 is 0 Å². The molecule has 4 rings (SSSR count). The van der Waals surface area contributed by atoms with Crippen LogP contribution in [0.15, 0.2) is 11.6 Å². The quantitative estimate of drug-likeness (QED) is 0.657. The number of ketones is 1. The molecule has 0 aromatic carbocycles. The van der Waals surface area contributed by atoms with Crippen LogP contribution in [-0.2, 0) is 4.79 Å². The van der Waals surface area contributed by atoms with Crippen LogP contribution in [0.2, 0.25) is 0 Å². The van der Waals surface area contributed by atoms with Crippen molar-refractivity contribution in [1.29, 1.82) is 5.26 Å². The average molecular weight is 325 g/mol. The Morgan fingerprint density at radius 3 is 2.67 bits per heavy atom. The maximum atomic E-state index is 11.9. The fourth-order valence-electron chi connectivity index (χ4n) is 7.51. The standard InChI is InChI=1S/C22H31NO/c1-14(13-23)18-6-7-19-17-5-4-15-12-16(24)8-10-21(15,2)20(17)9-11-22(18,19)3/h12,14,17-20H,4-11H2,1-3H3/t14-,17-,18+,19-,20-,21-,22+/m0/s1. The van der Waals surface area contributed by atoms with Gasteiger partial charge in [-0.1, -0.05) is 19.4 Å². The van der Waals surface area contributed by atoms with E-state index in [1.54, 1.807) is 0 Å². The van der Waals surface area contributed by atoms with Crippen molar-refractivity contribution < 1.29 is 4.79 Å². The fourth-order valence-corrected chi connectivity index (χ4v) is 7.51. The minimum absolute atomic E-state index is 0.193. The first kappa shape index (κ1) is 16.4. The zero-order chi connectivity index (χ0) is 17.1. The molecule has 0 heterocycles. The second-order valence-corrected chi connectivity index (χ2v) is 9.61. The predicted molar refractivity (Wildman–Crippen MR) is 95.0 cm³/mol. The molecular formula is C22H31NO. The molecule has 0 amide bonds. The third-order valence-electron chi connectivity index (χ3n) is 8.84. The van der Waals surface area contributed by atoms with Crippen molar-refractivity contribution in [2.45, 2.75) is 72.1 Å². The van der Waals surface area contributed by atoms with Crippen LogP contribution in [0.25, 0.3) is 0 Å². The molecular weight excluding hydrogens is 294 g/mol. The Morgan fingerprint density at radius 2 is 1.92 bits per heavy atom. The van der Waals surface area contributed by atoms with Crippen LogP contribution in [0.3, 0.4) is 0 Å². The summed E-state index contributed by atoms with van der Waals surface area (Å²) in [5.74, 6) is 3.51. The lowest BCUT2D eigenvalue weighted by Gasteiger charge is -2.58. The van der Waals surface area contributed by atoms with Crippen LogP contribution < -0.4 is 0 Å². The average Bonchev–Trinajstić information content (AvgIpc) is 2.92. The van der Waals surface area contributed by atoms with Crippen molar-refractivity contribution in [1.82, 2.24) is 0 Å². The van der Waals surface area contributed by atoms with E-state index in [9.17, 15) is 10.1 Å². The van der Waals surface area contributed by atoms with Crippen molar-refractivity contribution in [3.05, 3.63) is 11.6 Å². The van der Waals surface area contributed by atoms with E-state index >= 15 is 0 Å². The lowest BCUT2D eigenvalue weighted by atomic mass is 9.46. The number of fused-ring (bicyclic) bond motifs is 5. The maximum absolute atomic E-state index is 11.9. The topological polar surface area (TPSA) is 40.9 Å². The van der Waals surface area contributed by atoms with E-state index in [1.165, 1.54) is 37.7 Å². The molecule has 7 atom stereocenters. The largest absolute Gasteiger partial charge is 0.295 e. The van der Waals surface area contributed by atoms with Crippen LogP contribution in [0.5, 0.6) is 0 Å². The second kappa shape index (κ2) is 5.45. The lowest BCUT2D eigenvalue weighted by Crippen LogP contribution is -2.50. The smallest absolute Gasteiger partial charge is 0.155 e. The lowest BCUT2D eigenvalue weighted by molar-refractivity contribution is -0.117. The van der Waals surface area contributed by atoms with Gasteiger partial charge < -0.3 is 0 Å². The molecule has 130 valence electrons. The third kappa shape index (κ3) is 2.09. The van der Waals surface area contributed by atoms with Gasteiger partial charge in [-0.25, -0.2) is 0 Å². The maximum Gasteiger partial charge on any atom is 0.155 e. The van der Waals surface area contributed by atoms with Crippen LogP contribution in [-0.4, -0.2) is 5.78 Å². The molecule has 0 aromatic rings. The minimum Gasteiger partial charge on any atom is -0.295 e. The van der Waals surface area contributed by atoms with Crippen molar-refractivity contribution in [2.75, 3.05) is 0 Å². The van der Waals surface area contributed by atoms with Crippen molar-refractivity contribution in [2.24, 2.45) is 40.4 Å². The molecule has 2 heteroatoms. The first-order chi connectivity index (χ1) is 11.4. The van der Waals surface area contributed by atoms with E-state index in [1.807, 2.05) is 6.08 Å². The molecule has 0 radical (unpaired) electrons. The summed E-state index contributed by atoms with van der Waals surface area (Å²) >= 11 is 0. The predicted octanol–water partition coefficient (Wildman–Crippen LogP) is 5.29. The number of hydrogen-bond acceptors (Lipinski definition) is 2. The van der Waals surface area contributed by atoms with Gasteiger partial charge in [0.05, 0.1) is 6.07 Å². The zero-order valence-corrected chi connectivity index (χ0v) is 15.5. The number of rotatable bonds is 1. The van der Waals surface area contributed by atoms with Crippen molar-refractivity contribution in [3.63, 3.8) is 0 Å². The number of nitrogens with zero attached hydrogens (tertiary/aromatic N) is 1. The normalized spacial score (nSPS) is 48.6. The van der Waals surface area contributed by atoms with Gasteiger partial charge in [0.25, 0.3) is 0 Å². The first-order valence-corrected chi connectivity index (χ1v) is 10.0. The van der Waals surface area contributed by atoms with Crippen LogP contribution in [0, 0.1) is 51.8 Å². The van der Waals surface area contributed by atoms with Gasteiger partial charge in [-0.15, -0.1) is 0 Å². The van der Waals surface area contributed by atoms with E-state index in [0.717, 1.165) is 37.0 Å². The van der Waals surface area contributed by atoms with Gasteiger partial charge in [-0.2, -0.15) is 5.26 Å². The molecule has 4 aliphatic rings. The summed E-state index contributed by atoms with van der Waals surface area (Å²) < 4.78 is 0. The summed E-state index contributed by atoms with van der Waals surface area (Å²) in [5, 5.41) is 9.46. The van der Waals surface area contributed by atoms with E-state index in [0.29, 0.717) is 17.1 Å². The number of carbonyl (C=O) groups is 1. The molecule has 3 saturated carbocycles. The van der Waals surface area contributed by atoms with Gasteiger partial charge >= 0.3 is 0 Å². The molecule has 0 aromatic heterocycles. The highest BCUT2D eigenvalue weighted by molar-refractivity contribution is 5.91. The molecule has 0 unspecified atom stereocenters. The monoisotopic (exact) mass is 325 g/mol. The van der Waals surface area contributed by atoms with Gasteiger partial charge in [-0.05, 0) is 92.4 Å². The fraction of sp³-hybridized carbons (Fsp3) is 0.818. The molecule has 0 spiro atoms. The van der Waals surface area contributed by atoms with Crippen LogP contribution >= 0.6 is 0 Å². The SMILES string of the molecule is C[C@@H](C#N)[C@H]1CC[C@H]2[C@@H]3CCC4=CC(=O)CC[C@]4(C)[C@H]3CC[C@]12C. The second-order valence-electron chi connectivity index (χ2n) is 9.61. The van der Waals surface area contributed by atoms with E-state index in [2.05, 4.69) is 26.8 Å². The van der Waals surface area contributed by atoms with Gasteiger partial charge in [0.2, 0.25) is 0 Å². The van der Waals surface area contributed by atoms with Crippen LogP contribution in [0.1, 0.15) is 72.1 Å². The number of allylic oxidation sites excluding steroid dienone is 1. The summed E-state index contributed by atoms with van der Waals surface area (Å²) in [6.45, 7) is 7.09. The summed E-state index contributed by atoms with van der Waals surface area (Å²) in [5.41, 5.74) is 2.11. The van der Waals surface area contributed by atoms with E-state index in [4.69, 9.17) is 0 Å². The molecule has 2 nitrogen and oxygen atoms in total. The molecule has 3 fully saturated rings. The first-order valence-electron chi connectivity index (χ1n) is 10.0. The Hall–Kier alpha value is -1.10. The highest BCUT2D eigenvalue weighted by Crippen LogP contribution is 2.67. The Bertz CT molecular complexity index is 628. The van der Waals surface area contributed by atoms with Crippen LogP contribution in [0.4, 0.5) is 0 Å². The minimum atomic E-state index is 0.193. The summed E-state index contributed by atoms with van der Waals surface area (Å²) in [6, 6.07) is 2.55. The van der Waals surface area contributed by atoms with Gasteiger partial charge in [0, 0.05) is 12.3 Å². The van der Waals surface area contributed by atoms with Gasteiger partial charge in [0.15, 0.2) is 5.78 Å².